The molecule has 0 radical (unpaired) electrons. The van der Waals surface area contributed by atoms with E-state index in [1.54, 1.807) is 48.5 Å². The summed E-state index contributed by atoms with van der Waals surface area (Å²) in [7, 11) is 0. The van der Waals surface area contributed by atoms with E-state index in [-0.39, 0.29) is 26.4 Å². The van der Waals surface area contributed by atoms with Gasteiger partial charge >= 0.3 is 17.9 Å². The normalized spacial score (nSPS) is 20.6. The van der Waals surface area contributed by atoms with Crippen LogP contribution in [0.5, 0.6) is 11.5 Å². The quantitative estimate of drug-likeness (QED) is 0.106. The van der Waals surface area contributed by atoms with Crippen molar-refractivity contribution in [3.05, 3.63) is 72.3 Å². The van der Waals surface area contributed by atoms with Crippen LogP contribution in [0.1, 0.15) is 66.2 Å². The van der Waals surface area contributed by atoms with E-state index in [1.165, 1.54) is 25.7 Å². The third-order valence-electron chi connectivity index (χ3n) is 7.19. The highest BCUT2D eigenvalue weighted by atomic mass is 16.7. The number of ether oxygens (including phenoxy) is 7. The summed E-state index contributed by atoms with van der Waals surface area (Å²) in [4.78, 5) is 36.6. The van der Waals surface area contributed by atoms with Crippen LogP contribution in [-0.4, -0.2) is 75.4 Å². The van der Waals surface area contributed by atoms with Crippen LogP contribution >= 0.6 is 0 Å². The van der Waals surface area contributed by atoms with E-state index in [9.17, 15) is 14.4 Å². The molecule has 4 rings (SSSR count). The van der Waals surface area contributed by atoms with Gasteiger partial charge in [-0.1, -0.05) is 45.6 Å². The van der Waals surface area contributed by atoms with Crippen molar-refractivity contribution in [2.45, 2.75) is 69.9 Å². The minimum Gasteiger partial charge on any atom is -0.494 e. The lowest BCUT2D eigenvalue weighted by atomic mass is 10.1. The molecular formula is C33H40O10. The molecule has 2 saturated heterocycles. The molecule has 10 heteroatoms. The summed E-state index contributed by atoms with van der Waals surface area (Å²) in [5, 5.41) is 0. The van der Waals surface area contributed by atoms with Crippen LogP contribution in [0, 0.1) is 0 Å². The van der Waals surface area contributed by atoms with E-state index < -0.39 is 42.3 Å². The maximum atomic E-state index is 12.8. The monoisotopic (exact) mass is 596 g/mol. The van der Waals surface area contributed by atoms with Crippen LogP contribution in [0.3, 0.4) is 0 Å². The highest BCUT2D eigenvalue weighted by molar-refractivity contribution is 5.90. The number of carbonyl (C=O) groups excluding carboxylic acids is 3. The van der Waals surface area contributed by atoms with Crippen LogP contribution in [0.2, 0.25) is 0 Å². The zero-order chi connectivity index (χ0) is 30.4. The average Bonchev–Trinajstić information content (AvgIpc) is 3.62. The first-order valence-electron chi connectivity index (χ1n) is 14.9. The molecule has 2 unspecified atom stereocenters. The van der Waals surface area contributed by atoms with Gasteiger partial charge in [0.25, 0.3) is 0 Å². The third-order valence-corrected chi connectivity index (χ3v) is 7.19. The largest absolute Gasteiger partial charge is 0.494 e. The fourth-order valence-electron chi connectivity index (χ4n) is 4.85. The molecule has 2 aromatic carbocycles. The van der Waals surface area contributed by atoms with Gasteiger partial charge in [-0.2, -0.15) is 0 Å². The van der Waals surface area contributed by atoms with E-state index >= 15 is 0 Å². The molecule has 2 aromatic rings. The summed E-state index contributed by atoms with van der Waals surface area (Å²) >= 11 is 0. The first kappa shape index (κ1) is 32.0. The Morgan fingerprint density at radius 1 is 0.721 bits per heavy atom. The molecule has 0 aliphatic carbocycles. The number of fused-ring (bicyclic) bond motifs is 1. The Morgan fingerprint density at radius 3 is 1.72 bits per heavy atom. The fourth-order valence-corrected chi connectivity index (χ4v) is 4.85. The minimum absolute atomic E-state index is 0.0792. The van der Waals surface area contributed by atoms with Crippen LogP contribution in [0.4, 0.5) is 0 Å². The predicted molar refractivity (Wildman–Crippen MR) is 156 cm³/mol. The van der Waals surface area contributed by atoms with Crippen molar-refractivity contribution in [1.29, 1.82) is 0 Å². The van der Waals surface area contributed by atoms with Crippen molar-refractivity contribution < 1.29 is 47.5 Å². The SMILES string of the molecule is C=CC(=O)OCCOc1ccc(C(=O)O[C@@H]2COC3C2OC[C@@H]3OC(=O)c2ccc(OCCCCCCCC)cc2)cc1. The fraction of sp³-hybridized carbons (Fsp3) is 0.485. The van der Waals surface area contributed by atoms with E-state index in [2.05, 4.69) is 13.5 Å². The molecule has 4 atom stereocenters. The lowest BCUT2D eigenvalue weighted by Crippen LogP contribution is -2.36. The van der Waals surface area contributed by atoms with Gasteiger partial charge in [0.1, 0.15) is 36.9 Å². The molecule has 232 valence electrons. The van der Waals surface area contributed by atoms with Gasteiger partial charge in [0, 0.05) is 6.08 Å². The van der Waals surface area contributed by atoms with Crippen LogP contribution in [0.15, 0.2) is 61.2 Å². The first-order valence-corrected chi connectivity index (χ1v) is 14.9. The van der Waals surface area contributed by atoms with Gasteiger partial charge in [-0.25, -0.2) is 14.4 Å². The van der Waals surface area contributed by atoms with Crippen molar-refractivity contribution >= 4 is 17.9 Å². The first-order chi connectivity index (χ1) is 21.0. The number of benzene rings is 2. The highest BCUT2D eigenvalue weighted by Crippen LogP contribution is 2.31. The zero-order valence-corrected chi connectivity index (χ0v) is 24.6. The Kier molecular flexibility index (Phi) is 12.4. The number of esters is 3. The van der Waals surface area contributed by atoms with Gasteiger partial charge in [-0.3, -0.25) is 0 Å². The van der Waals surface area contributed by atoms with Gasteiger partial charge in [0.05, 0.1) is 30.9 Å². The Morgan fingerprint density at radius 2 is 1.21 bits per heavy atom. The van der Waals surface area contributed by atoms with Crippen molar-refractivity contribution in [2.75, 3.05) is 33.0 Å². The lowest BCUT2D eigenvalue weighted by molar-refractivity contribution is -0.138. The Hall–Kier alpha value is -3.89. The summed E-state index contributed by atoms with van der Waals surface area (Å²) in [6.07, 6.45) is 5.91. The molecule has 0 saturated carbocycles. The number of hydrogen-bond donors (Lipinski definition) is 0. The molecule has 43 heavy (non-hydrogen) atoms. The Bertz CT molecular complexity index is 1190. The summed E-state index contributed by atoms with van der Waals surface area (Å²) in [6, 6.07) is 13.3. The van der Waals surface area contributed by atoms with Crippen molar-refractivity contribution in [2.24, 2.45) is 0 Å². The smallest absolute Gasteiger partial charge is 0.338 e. The summed E-state index contributed by atoms with van der Waals surface area (Å²) in [5.74, 6) is -0.322. The topological polar surface area (TPSA) is 116 Å². The maximum absolute atomic E-state index is 12.8. The average molecular weight is 597 g/mol. The lowest BCUT2D eigenvalue weighted by Gasteiger charge is -2.17. The minimum atomic E-state index is -0.639. The molecule has 0 aromatic heterocycles. The molecule has 0 spiro atoms. The van der Waals surface area contributed by atoms with E-state index in [0.29, 0.717) is 29.2 Å². The number of carbonyl (C=O) groups is 3. The number of rotatable bonds is 17. The Labute approximate surface area is 252 Å². The standard InChI is InChI=1S/C33H40O10/c1-3-5-6-7-8-9-18-37-25-14-10-23(11-15-25)32(35)42-27-21-40-31-28(22-41-30(27)31)43-33(36)24-12-16-26(17-13-24)38-19-20-39-29(34)4-2/h4,10-17,27-28,30-31H,2-3,5-9,18-22H2,1H3/t27-,28+,30?,31?/m0/s1. The van der Waals surface area contributed by atoms with Gasteiger partial charge < -0.3 is 33.2 Å². The van der Waals surface area contributed by atoms with Crippen molar-refractivity contribution in [3.63, 3.8) is 0 Å². The molecule has 0 amide bonds. The summed E-state index contributed by atoms with van der Waals surface area (Å²) in [6.45, 7) is 6.69. The predicted octanol–water partition coefficient (Wildman–Crippen LogP) is 5.08. The second kappa shape index (κ2) is 16.7. The maximum Gasteiger partial charge on any atom is 0.338 e. The molecule has 2 aliphatic rings. The molecule has 2 fully saturated rings. The van der Waals surface area contributed by atoms with Gasteiger partial charge in [0.2, 0.25) is 0 Å². The van der Waals surface area contributed by atoms with E-state index in [4.69, 9.17) is 33.2 Å². The van der Waals surface area contributed by atoms with Crippen LogP contribution in [-0.2, 0) is 28.5 Å². The molecule has 0 N–H and O–H groups in total. The Balaban J connectivity index is 1.18. The molecule has 2 aliphatic heterocycles. The molecule has 0 bridgehead atoms. The van der Waals surface area contributed by atoms with Crippen molar-refractivity contribution in [1.82, 2.24) is 0 Å². The number of hydrogen-bond acceptors (Lipinski definition) is 10. The molecule has 2 heterocycles. The molecule has 10 nitrogen and oxygen atoms in total. The number of unbranched alkanes of at least 4 members (excludes halogenated alkanes) is 5. The third kappa shape index (κ3) is 9.56. The van der Waals surface area contributed by atoms with Crippen LogP contribution < -0.4 is 9.47 Å². The van der Waals surface area contributed by atoms with Gasteiger partial charge in [-0.15, -0.1) is 0 Å². The van der Waals surface area contributed by atoms with Gasteiger partial charge in [-0.05, 0) is 55.0 Å². The van der Waals surface area contributed by atoms with E-state index in [1.807, 2.05) is 0 Å². The molecular weight excluding hydrogens is 556 g/mol. The van der Waals surface area contributed by atoms with Crippen LogP contribution in [0.25, 0.3) is 0 Å². The summed E-state index contributed by atoms with van der Waals surface area (Å²) in [5.41, 5.74) is 0.732. The second-order valence-electron chi connectivity index (χ2n) is 10.4. The van der Waals surface area contributed by atoms with E-state index in [0.717, 1.165) is 18.9 Å². The summed E-state index contributed by atoms with van der Waals surface area (Å²) < 4.78 is 39.1. The van der Waals surface area contributed by atoms with Crippen molar-refractivity contribution in [3.8, 4) is 11.5 Å². The zero-order valence-electron chi connectivity index (χ0n) is 24.6. The highest BCUT2D eigenvalue weighted by Gasteiger charge is 2.51. The van der Waals surface area contributed by atoms with Gasteiger partial charge in [0.15, 0.2) is 12.2 Å². The second-order valence-corrected chi connectivity index (χ2v) is 10.4.